The van der Waals surface area contributed by atoms with Gasteiger partial charge in [-0.25, -0.2) is 4.98 Å². The molecule has 86 valence electrons. The van der Waals surface area contributed by atoms with Crippen LogP contribution in [-0.2, 0) is 6.42 Å². The first-order chi connectivity index (χ1) is 7.61. The number of halogens is 2. The molecule has 0 aliphatic heterocycles. The van der Waals surface area contributed by atoms with Crippen LogP contribution < -0.4 is 5.32 Å². The highest BCUT2D eigenvalue weighted by molar-refractivity contribution is 9.10. The number of likely N-dealkylation sites (N-methyl/N-ethyl adjacent to an activating group) is 1. The van der Waals surface area contributed by atoms with Gasteiger partial charge in [0, 0.05) is 23.1 Å². The normalized spacial score (nSPS) is 13.2. The smallest absolute Gasteiger partial charge is 0.155 e. The number of nitrogens with zero attached hydrogens (tertiary/aromatic N) is 2. The van der Waals surface area contributed by atoms with Crippen molar-refractivity contribution < 1.29 is 0 Å². The average molecular weight is 303 g/mol. The van der Waals surface area contributed by atoms with Crippen molar-refractivity contribution in [3.63, 3.8) is 0 Å². The van der Waals surface area contributed by atoms with Crippen LogP contribution in [-0.4, -0.2) is 22.5 Å². The minimum atomic E-state index is 0.380. The molecule has 2 heterocycles. The van der Waals surface area contributed by atoms with E-state index in [2.05, 4.69) is 33.2 Å². The van der Waals surface area contributed by atoms with E-state index in [9.17, 15) is 0 Å². The quantitative estimate of drug-likeness (QED) is 0.944. The molecule has 0 spiro atoms. The highest BCUT2D eigenvalue weighted by Gasteiger charge is 2.11. The van der Waals surface area contributed by atoms with E-state index in [0.29, 0.717) is 11.2 Å². The highest BCUT2D eigenvalue weighted by Crippen LogP contribution is 2.22. The SMILES string of the molecule is CNC(C)Cc1nc(Cl)c2cc(Br)ccn12. The van der Waals surface area contributed by atoms with E-state index in [1.54, 1.807) is 0 Å². The fourth-order valence-corrected chi connectivity index (χ4v) is 2.18. The molecule has 5 heteroatoms. The monoisotopic (exact) mass is 301 g/mol. The fourth-order valence-electron chi connectivity index (χ4n) is 1.60. The Balaban J connectivity index is 2.47. The summed E-state index contributed by atoms with van der Waals surface area (Å²) in [5.41, 5.74) is 0.939. The van der Waals surface area contributed by atoms with E-state index in [-0.39, 0.29) is 0 Å². The maximum atomic E-state index is 6.10. The molecule has 1 atom stereocenters. The minimum absolute atomic E-state index is 0.380. The Kier molecular flexibility index (Phi) is 3.52. The van der Waals surface area contributed by atoms with Gasteiger partial charge in [0.1, 0.15) is 5.82 Å². The summed E-state index contributed by atoms with van der Waals surface area (Å²) in [6.07, 6.45) is 2.84. The molecule has 0 bridgehead atoms. The van der Waals surface area contributed by atoms with Crippen molar-refractivity contribution in [2.75, 3.05) is 7.05 Å². The van der Waals surface area contributed by atoms with Crippen LogP contribution in [0.1, 0.15) is 12.7 Å². The molecule has 0 saturated heterocycles. The van der Waals surface area contributed by atoms with Gasteiger partial charge in [-0.1, -0.05) is 27.5 Å². The predicted octanol–water partition coefficient (Wildman–Crippen LogP) is 2.90. The van der Waals surface area contributed by atoms with Gasteiger partial charge in [-0.2, -0.15) is 0 Å². The van der Waals surface area contributed by atoms with Crippen molar-refractivity contribution in [3.05, 3.63) is 33.8 Å². The lowest BCUT2D eigenvalue weighted by atomic mass is 10.2. The topological polar surface area (TPSA) is 29.3 Å². The molecule has 16 heavy (non-hydrogen) atoms. The van der Waals surface area contributed by atoms with Crippen LogP contribution in [0.4, 0.5) is 0 Å². The number of nitrogens with one attached hydrogen (secondary N) is 1. The Bertz CT molecular complexity index is 509. The molecule has 0 aromatic carbocycles. The van der Waals surface area contributed by atoms with Crippen molar-refractivity contribution in [2.24, 2.45) is 0 Å². The van der Waals surface area contributed by atoms with Gasteiger partial charge < -0.3 is 9.72 Å². The summed E-state index contributed by atoms with van der Waals surface area (Å²) in [7, 11) is 1.94. The fraction of sp³-hybridized carbons (Fsp3) is 0.364. The summed E-state index contributed by atoms with van der Waals surface area (Å²) >= 11 is 9.53. The minimum Gasteiger partial charge on any atom is -0.317 e. The van der Waals surface area contributed by atoms with E-state index in [4.69, 9.17) is 11.6 Å². The Morgan fingerprint density at radius 3 is 3.06 bits per heavy atom. The van der Waals surface area contributed by atoms with E-state index >= 15 is 0 Å². The third-order valence-corrected chi connectivity index (χ3v) is 3.39. The Morgan fingerprint density at radius 2 is 2.38 bits per heavy atom. The molecule has 0 fully saturated rings. The lowest BCUT2D eigenvalue weighted by Gasteiger charge is -2.08. The van der Waals surface area contributed by atoms with Gasteiger partial charge >= 0.3 is 0 Å². The lowest BCUT2D eigenvalue weighted by molar-refractivity contribution is 0.590. The molecule has 0 saturated carbocycles. The molecule has 2 aromatic rings. The largest absolute Gasteiger partial charge is 0.317 e. The number of hydrogen-bond donors (Lipinski definition) is 1. The van der Waals surface area contributed by atoms with Gasteiger partial charge in [-0.3, -0.25) is 0 Å². The van der Waals surface area contributed by atoms with Gasteiger partial charge in [0.15, 0.2) is 5.15 Å². The van der Waals surface area contributed by atoms with Crippen molar-refractivity contribution in [1.29, 1.82) is 0 Å². The third kappa shape index (κ3) is 2.24. The van der Waals surface area contributed by atoms with Crippen LogP contribution in [0.5, 0.6) is 0 Å². The van der Waals surface area contributed by atoms with Gasteiger partial charge in [0.2, 0.25) is 0 Å². The molecule has 0 amide bonds. The number of rotatable bonds is 3. The zero-order valence-electron chi connectivity index (χ0n) is 9.17. The Morgan fingerprint density at radius 1 is 1.62 bits per heavy atom. The summed E-state index contributed by atoms with van der Waals surface area (Å²) in [6.45, 7) is 2.12. The average Bonchev–Trinajstić information content (AvgIpc) is 2.55. The van der Waals surface area contributed by atoms with E-state index in [0.717, 1.165) is 22.2 Å². The number of fused-ring (bicyclic) bond motifs is 1. The molecular weight excluding hydrogens is 289 g/mol. The molecule has 3 nitrogen and oxygen atoms in total. The second-order valence-electron chi connectivity index (χ2n) is 3.81. The number of imidazole rings is 1. The maximum Gasteiger partial charge on any atom is 0.155 e. The molecule has 1 N–H and O–H groups in total. The van der Waals surface area contributed by atoms with Crippen molar-refractivity contribution in [2.45, 2.75) is 19.4 Å². The van der Waals surface area contributed by atoms with Crippen LogP contribution in [0.2, 0.25) is 5.15 Å². The zero-order valence-corrected chi connectivity index (χ0v) is 11.5. The number of aromatic nitrogens is 2. The molecular formula is C11H13BrClN3. The summed E-state index contributed by atoms with van der Waals surface area (Å²) in [5, 5.41) is 3.75. The first-order valence-corrected chi connectivity index (χ1v) is 6.28. The first kappa shape index (κ1) is 11.9. The van der Waals surface area contributed by atoms with Gasteiger partial charge in [-0.15, -0.1) is 0 Å². The van der Waals surface area contributed by atoms with Crippen molar-refractivity contribution >= 4 is 33.0 Å². The summed E-state index contributed by atoms with van der Waals surface area (Å²) in [4.78, 5) is 4.39. The van der Waals surface area contributed by atoms with Crippen LogP contribution in [0.15, 0.2) is 22.8 Å². The number of hydrogen-bond acceptors (Lipinski definition) is 2. The zero-order chi connectivity index (χ0) is 11.7. The lowest BCUT2D eigenvalue weighted by Crippen LogP contribution is -2.24. The third-order valence-electron chi connectivity index (χ3n) is 2.62. The van der Waals surface area contributed by atoms with E-state index < -0.39 is 0 Å². The maximum absolute atomic E-state index is 6.10. The van der Waals surface area contributed by atoms with Gasteiger partial charge in [0.25, 0.3) is 0 Å². The second-order valence-corrected chi connectivity index (χ2v) is 5.09. The van der Waals surface area contributed by atoms with Crippen LogP contribution in [0.3, 0.4) is 0 Å². The highest BCUT2D eigenvalue weighted by atomic mass is 79.9. The summed E-state index contributed by atoms with van der Waals surface area (Å²) < 4.78 is 3.04. The summed E-state index contributed by atoms with van der Waals surface area (Å²) in [6, 6.07) is 4.34. The van der Waals surface area contributed by atoms with Crippen molar-refractivity contribution in [1.82, 2.24) is 14.7 Å². The molecule has 1 unspecified atom stereocenters. The Hall–Kier alpha value is -0.580. The van der Waals surface area contributed by atoms with E-state index in [1.165, 1.54) is 0 Å². The standard InChI is InChI=1S/C11H13BrClN3/c1-7(14-2)5-10-15-11(13)9-6-8(12)3-4-16(9)10/h3-4,6-7,14H,5H2,1-2H3. The Labute approximate surface area is 108 Å². The molecule has 2 rings (SSSR count). The molecule has 0 radical (unpaired) electrons. The van der Waals surface area contributed by atoms with Crippen LogP contribution in [0, 0.1) is 0 Å². The molecule has 0 aliphatic carbocycles. The summed E-state index contributed by atoms with van der Waals surface area (Å²) in [5.74, 6) is 0.981. The van der Waals surface area contributed by atoms with E-state index in [1.807, 2.05) is 29.8 Å². The molecule has 2 aromatic heterocycles. The molecule has 0 aliphatic rings. The predicted molar refractivity (Wildman–Crippen MR) is 70.1 cm³/mol. The first-order valence-electron chi connectivity index (χ1n) is 5.11. The second kappa shape index (κ2) is 4.73. The van der Waals surface area contributed by atoms with Crippen LogP contribution in [0.25, 0.3) is 5.52 Å². The van der Waals surface area contributed by atoms with Gasteiger partial charge in [-0.05, 0) is 26.1 Å². The number of pyridine rings is 1. The van der Waals surface area contributed by atoms with Gasteiger partial charge in [0.05, 0.1) is 5.52 Å². The van der Waals surface area contributed by atoms with Crippen molar-refractivity contribution in [3.8, 4) is 0 Å². The van der Waals surface area contributed by atoms with Crippen LogP contribution >= 0.6 is 27.5 Å².